The lowest BCUT2D eigenvalue weighted by atomic mass is 9.88. The van der Waals surface area contributed by atoms with Gasteiger partial charge in [-0.2, -0.15) is 0 Å². The number of aliphatic hydroxyl groups is 1. The van der Waals surface area contributed by atoms with Crippen molar-refractivity contribution >= 4 is 5.91 Å². The molecule has 0 saturated heterocycles. The molecule has 2 N–H and O–H groups in total. The van der Waals surface area contributed by atoms with E-state index in [1.54, 1.807) is 0 Å². The highest BCUT2D eigenvalue weighted by Gasteiger charge is 2.22. The summed E-state index contributed by atoms with van der Waals surface area (Å²) in [4.78, 5) is 11.8. The molecular formula is C13H25NO2. The van der Waals surface area contributed by atoms with Gasteiger partial charge in [-0.25, -0.2) is 0 Å². The van der Waals surface area contributed by atoms with E-state index in [0.717, 1.165) is 19.3 Å². The largest absolute Gasteiger partial charge is 0.391 e. The summed E-state index contributed by atoms with van der Waals surface area (Å²) in [5.41, 5.74) is 0. The molecule has 3 nitrogen and oxygen atoms in total. The average molecular weight is 227 g/mol. The van der Waals surface area contributed by atoms with E-state index in [0.29, 0.717) is 6.54 Å². The number of rotatable bonds is 5. The third-order valence-corrected chi connectivity index (χ3v) is 3.76. The quantitative estimate of drug-likeness (QED) is 0.755. The van der Waals surface area contributed by atoms with Gasteiger partial charge in [-0.15, -0.1) is 0 Å². The van der Waals surface area contributed by atoms with E-state index in [1.165, 1.54) is 19.3 Å². The van der Waals surface area contributed by atoms with Crippen LogP contribution in [0.25, 0.3) is 0 Å². The molecule has 3 heteroatoms. The molecule has 0 bridgehead atoms. The molecular weight excluding hydrogens is 202 g/mol. The lowest BCUT2D eigenvalue weighted by Crippen LogP contribution is -2.39. The van der Waals surface area contributed by atoms with Gasteiger partial charge in [-0.05, 0) is 18.8 Å². The van der Waals surface area contributed by atoms with Gasteiger partial charge in [-0.1, -0.05) is 39.5 Å². The third-order valence-electron chi connectivity index (χ3n) is 3.76. The minimum Gasteiger partial charge on any atom is -0.391 e. The van der Waals surface area contributed by atoms with Gasteiger partial charge in [0.05, 0.1) is 6.10 Å². The number of aliphatic hydroxyl groups excluding tert-OH is 1. The zero-order valence-electron chi connectivity index (χ0n) is 10.5. The van der Waals surface area contributed by atoms with Crippen LogP contribution in [-0.4, -0.2) is 23.7 Å². The van der Waals surface area contributed by atoms with Crippen molar-refractivity contribution in [2.75, 3.05) is 6.54 Å². The van der Waals surface area contributed by atoms with E-state index < -0.39 is 6.10 Å². The molecule has 1 aliphatic rings. The molecule has 1 saturated carbocycles. The van der Waals surface area contributed by atoms with Crippen molar-refractivity contribution in [3.63, 3.8) is 0 Å². The van der Waals surface area contributed by atoms with E-state index in [-0.39, 0.29) is 17.7 Å². The molecule has 0 aromatic carbocycles. The van der Waals surface area contributed by atoms with Crippen LogP contribution in [0.1, 0.15) is 52.4 Å². The van der Waals surface area contributed by atoms with Gasteiger partial charge < -0.3 is 10.4 Å². The van der Waals surface area contributed by atoms with Crippen LogP contribution in [0.5, 0.6) is 0 Å². The van der Waals surface area contributed by atoms with Crippen molar-refractivity contribution < 1.29 is 9.90 Å². The molecule has 1 amide bonds. The maximum atomic E-state index is 11.8. The highest BCUT2D eigenvalue weighted by atomic mass is 16.3. The highest BCUT2D eigenvalue weighted by molar-refractivity contribution is 5.78. The second kappa shape index (κ2) is 6.89. The number of carbonyl (C=O) groups excluding carboxylic acids is 1. The number of nitrogens with one attached hydrogen (secondary N) is 1. The second-order valence-electron chi connectivity index (χ2n) is 5.03. The summed E-state index contributed by atoms with van der Waals surface area (Å²) in [5.74, 6) is 0.589. The van der Waals surface area contributed by atoms with E-state index in [4.69, 9.17) is 0 Å². The zero-order valence-corrected chi connectivity index (χ0v) is 10.5. The highest BCUT2D eigenvalue weighted by Crippen LogP contribution is 2.23. The fourth-order valence-electron chi connectivity index (χ4n) is 2.19. The normalized spacial score (nSPS) is 21.4. The van der Waals surface area contributed by atoms with Crippen molar-refractivity contribution in [3.8, 4) is 0 Å². The van der Waals surface area contributed by atoms with Crippen LogP contribution < -0.4 is 5.32 Å². The fourth-order valence-corrected chi connectivity index (χ4v) is 2.19. The van der Waals surface area contributed by atoms with Crippen LogP contribution in [0.4, 0.5) is 0 Å². The van der Waals surface area contributed by atoms with Gasteiger partial charge in [0.15, 0.2) is 0 Å². The average Bonchev–Trinajstić information content (AvgIpc) is 2.35. The molecule has 2 atom stereocenters. The van der Waals surface area contributed by atoms with Crippen LogP contribution in [-0.2, 0) is 4.79 Å². The molecule has 16 heavy (non-hydrogen) atoms. The molecule has 0 aromatic heterocycles. The smallest absolute Gasteiger partial charge is 0.223 e. The van der Waals surface area contributed by atoms with Crippen molar-refractivity contribution in [3.05, 3.63) is 0 Å². The first kappa shape index (κ1) is 13.5. The molecule has 94 valence electrons. The van der Waals surface area contributed by atoms with Crippen LogP contribution in [0.15, 0.2) is 0 Å². The Labute approximate surface area is 98.6 Å². The summed E-state index contributed by atoms with van der Waals surface area (Å²) in [7, 11) is 0. The van der Waals surface area contributed by atoms with E-state index in [1.807, 2.05) is 6.92 Å². The monoisotopic (exact) mass is 227 g/mol. The Kier molecular flexibility index (Phi) is 5.81. The second-order valence-corrected chi connectivity index (χ2v) is 5.03. The SMILES string of the molecule is CCC(C)C(O)CNC(=O)C1CCCCC1. The molecule has 0 heterocycles. The maximum Gasteiger partial charge on any atom is 0.223 e. The third kappa shape index (κ3) is 4.12. The summed E-state index contributed by atoms with van der Waals surface area (Å²) < 4.78 is 0. The fraction of sp³-hybridized carbons (Fsp3) is 0.923. The van der Waals surface area contributed by atoms with E-state index >= 15 is 0 Å². The van der Waals surface area contributed by atoms with Gasteiger partial charge in [-0.3, -0.25) is 4.79 Å². The lowest BCUT2D eigenvalue weighted by molar-refractivity contribution is -0.126. The summed E-state index contributed by atoms with van der Waals surface area (Å²) in [6.45, 7) is 4.47. The molecule has 1 aliphatic carbocycles. The first-order valence-corrected chi connectivity index (χ1v) is 6.61. The Morgan fingerprint density at radius 3 is 2.56 bits per heavy atom. The Bertz CT molecular complexity index is 212. The molecule has 0 aromatic rings. The number of hydrogen-bond donors (Lipinski definition) is 2. The van der Waals surface area contributed by atoms with Crippen LogP contribution in [0, 0.1) is 11.8 Å². The van der Waals surface area contributed by atoms with Gasteiger partial charge in [0, 0.05) is 12.5 Å². The Hall–Kier alpha value is -0.570. The maximum absolute atomic E-state index is 11.8. The summed E-state index contributed by atoms with van der Waals surface area (Å²) in [6, 6.07) is 0. The van der Waals surface area contributed by atoms with Crippen molar-refractivity contribution in [2.24, 2.45) is 11.8 Å². The number of hydrogen-bond acceptors (Lipinski definition) is 2. The Morgan fingerprint density at radius 1 is 1.38 bits per heavy atom. The van der Waals surface area contributed by atoms with Crippen LogP contribution >= 0.6 is 0 Å². The minimum absolute atomic E-state index is 0.141. The molecule has 2 unspecified atom stereocenters. The topological polar surface area (TPSA) is 49.3 Å². The van der Waals surface area contributed by atoms with Gasteiger partial charge in [0.2, 0.25) is 5.91 Å². The lowest BCUT2D eigenvalue weighted by Gasteiger charge is -2.23. The summed E-state index contributed by atoms with van der Waals surface area (Å²) >= 11 is 0. The van der Waals surface area contributed by atoms with Gasteiger partial charge in [0.25, 0.3) is 0 Å². The van der Waals surface area contributed by atoms with E-state index in [9.17, 15) is 9.90 Å². The van der Waals surface area contributed by atoms with E-state index in [2.05, 4.69) is 12.2 Å². The number of carbonyl (C=O) groups is 1. The van der Waals surface area contributed by atoms with Crippen molar-refractivity contribution in [1.82, 2.24) is 5.32 Å². The molecule has 0 radical (unpaired) electrons. The molecule has 0 spiro atoms. The molecule has 1 fully saturated rings. The minimum atomic E-state index is -0.405. The zero-order chi connectivity index (χ0) is 12.0. The Morgan fingerprint density at radius 2 is 2.00 bits per heavy atom. The predicted molar refractivity (Wildman–Crippen MR) is 65.0 cm³/mol. The Balaban J connectivity index is 2.23. The first-order chi connectivity index (χ1) is 7.65. The van der Waals surface area contributed by atoms with Crippen LogP contribution in [0.3, 0.4) is 0 Å². The standard InChI is InChI=1S/C13H25NO2/c1-3-10(2)12(15)9-14-13(16)11-7-5-4-6-8-11/h10-12,15H,3-9H2,1-2H3,(H,14,16). The molecule has 0 aliphatic heterocycles. The van der Waals surface area contributed by atoms with Gasteiger partial charge >= 0.3 is 0 Å². The summed E-state index contributed by atoms with van der Waals surface area (Å²) in [6.07, 6.45) is 6.19. The summed E-state index contributed by atoms with van der Waals surface area (Å²) in [5, 5.41) is 12.6. The predicted octanol–water partition coefficient (Wildman–Crippen LogP) is 2.09. The van der Waals surface area contributed by atoms with Crippen molar-refractivity contribution in [2.45, 2.75) is 58.5 Å². The number of amides is 1. The molecule has 1 rings (SSSR count). The van der Waals surface area contributed by atoms with Crippen LogP contribution in [0.2, 0.25) is 0 Å². The van der Waals surface area contributed by atoms with Crippen molar-refractivity contribution in [1.29, 1.82) is 0 Å². The van der Waals surface area contributed by atoms with Gasteiger partial charge in [0.1, 0.15) is 0 Å². The first-order valence-electron chi connectivity index (χ1n) is 6.61.